The van der Waals surface area contributed by atoms with Gasteiger partial charge in [-0.15, -0.1) is 0 Å². The Kier molecular flexibility index (Phi) is 9.19. The Labute approximate surface area is 188 Å². The number of likely N-dealkylation sites (tertiary alicyclic amines) is 2. The highest BCUT2D eigenvalue weighted by Crippen LogP contribution is 2.17. The van der Waals surface area contributed by atoms with E-state index in [2.05, 4.69) is 46.7 Å². The molecule has 6 nitrogen and oxygen atoms in total. The molecule has 0 aromatic heterocycles. The first-order chi connectivity index (χ1) is 15.1. The Bertz CT molecular complexity index is 724. The van der Waals surface area contributed by atoms with Crippen molar-refractivity contribution in [3.05, 3.63) is 35.4 Å². The van der Waals surface area contributed by atoms with Crippen LogP contribution in [0.5, 0.6) is 0 Å². The zero-order valence-corrected chi connectivity index (χ0v) is 19.7. The van der Waals surface area contributed by atoms with Crippen molar-refractivity contribution in [3.8, 4) is 0 Å². The predicted molar refractivity (Wildman–Crippen MR) is 128 cm³/mol. The normalized spacial score (nSPS) is 20.7. The van der Waals surface area contributed by atoms with Crippen LogP contribution in [0.4, 0.5) is 0 Å². The number of hydrogen-bond donors (Lipinski definition) is 2. The van der Waals surface area contributed by atoms with E-state index >= 15 is 0 Å². The lowest BCUT2D eigenvalue weighted by Crippen LogP contribution is -2.45. The lowest BCUT2D eigenvalue weighted by atomic mass is 10.1. The number of guanidine groups is 1. The van der Waals surface area contributed by atoms with E-state index in [9.17, 15) is 4.79 Å². The van der Waals surface area contributed by atoms with E-state index in [1.807, 2.05) is 18.7 Å². The molecule has 2 aliphatic heterocycles. The topological polar surface area (TPSA) is 60.0 Å². The molecule has 0 spiro atoms. The Morgan fingerprint density at radius 1 is 1.10 bits per heavy atom. The second kappa shape index (κ2) is 12.1. The third-order valence-electron chi connectivity index (χ3n) is 6.30. The lowest BCUT2D eigenvalue weighted by Gasteiger charge is -2.22. The molecule has 3 rings (SSSR count). The lowest BCUT2D eigenvalue weighted by molar-refractivity contribution is -0.133. The highest BCUT2D eigenvalue weighted by atomic mass is 16.2. The van der Waals surface area contributed by atoms with Gasteiger partial charge in [-0.3, -0.25) is 9.69 Å². The molecule has 1 atom stereocenters. The summed E-state index contributed by atoms with van der Waals surface area (Å²) in [5.74, 6) is 1.14. The van der Waals surface area contributed by atoms with Gasteiger partial charge >= 0.3 is 0 Å². The van der Waals surface area contributed by atoms with Gasteiger partial charge in [0.05, 0.1) is 6.54 Å². The van der Waals surface area contributed by atoms with E-state index in [0.717, 1.165) is 38.6 Å². The van der Waals surface area contributed by atoms with E-state index in [1.54, 1.807) is 0 Å². The summed E-state index contributed by atoms with van der Waals surface area (Å²) in [4.78, 5) is 21.8. The first-order valence-corrected chi connectivity index (χ1v) is 12.2. The summed E-state index contributed by atoms with van der Waals surface area (Å²) < 4.78 is 0. The van der Waals surface area contributed by atoms with Crippen LogP contribution in [-0.4, -0.2) is 60.4 Å². The highest BCUT2D eigenvalue weighted by Gasteiger charge is 2.28. The molecule has 1 aromatic carbocycles. The predicted octanol–water partition coefficient (Wildman–Crippen LogP) is 3.37. The monoisotopic (exact) mass is 427 g/mol. The maximum absolute atomic E-state index is 12.3. The summed E-state index contributed by atoms with van der Waals surface area (Å²) in [7, 11) is 0. The van der Waals surface area contributed by atoms with Gasteiger partial charge in [0.25, 0.3) is 0 Å². The van der Waals surface area contributed by atoms with Gasteiger partial charge in [0.2, 0.25) is 5.91 Å². The molecule has 2 aliphatic rings. The fourth-order valence-electron chi connectivity index (χ4n) is 4.52. The minimum Gasteiger partial charge on any atom is -0.357 e. The minimum absolute atomic E-state index is 0.0568. The van der Waals surface area contributed by atoms with Crippen molar-refractivity contribution in [2.24, 2.45) is 10.9 Å². The van der Waals surface area contributed by atoms with Crippen molar-refractivity contribution >= 4 is 11.9 Å². The van der Waals surface area contributed by atoms with Crippen LogP contribution in [0.25, 0.3) is 0 Å². The van der Waals surface area contributed by atoms with Gasteiger partial charge in [0.1, 0.15) is 0 Å². The molecule has 2 saturated heterocycles. The van der Waals surface area contributed by atoms with Crippen molar-refractivity contribution in [2.45, 2.75) is 72.0 Å². The van der Waals surface area contributed by atoms with Crippen molar-refractivity contribution in [1.29, 1.82) is 0 Å². The average molecular weight is 428 g/mol. The van der Waals surface area contributed by atoms with Gasteiger partial charge in [0.15, 0.2) is 5.96 Å². The Balaban J connectivity index is 1.61. The third-order valence-corrected chi connectivity index (χ3v) is 6.30. The number of hydrogen-bond acceptors (Lipinski definition) is 3. The molecule has 31 heavy (non-hydrogen) atoms. The molecule has 0 aliphatic carbocycles. The number of nitrogens with one attached hydrogen (secondary N) is 2. The van der Waals surface area contributed by atoms with Crippen LogP contribution < -0.4 is 10.6 Å². The molecule has 1 unspecified atom stereocenters. The largest absolute Gasteiger partial charge is 0.357 e. The number of rotatable bonds is 7. The summed E-state index contributed by atoms with van der Waals surface area (Å²) in [6.45, 7) is 12.5. The first-order valence-electron chi connectivity index (χ1n) is 12.2. The van der Waals surface area contributed by atoms with Crippen molar-refractivity contribution in [3.63, 3.8) is 0 Å². The molecule has 172 valence electrons. The number of amides is 1. The molecule has 2 heterocycles. The fraction of sp³-hybridized carbons (Fsp3) is 0.680. The zero-order valence-electron chi connectivity index (χ0n) is 19.7. The van der Waals surface area contributed by atoms with Gasteiger partial charge in [-0.05, 0) is 50.4 Å². The number of benzene rings is 1. The maximum atomic E-state index is 12.3. The van der Waals surface area contributed by atoms with Gasteiger partial charge in [-0.25, -0.2) is 4.99 Å². The molecule has 2 fully saturated rings. The number of aliphatic imine (C=N–C) groups is 1. The quantitative estimate of drug-likeness (QED) is 0.517. The van der Waals surface area contributed by atoms with Crippen LogP contribution in [0.3, 0.4) is 0 Å². The zero-order chi connectivity index (χ0) is 22.1. The molecule has 0 saturated carbocycles. The molecular weight excluding hydrogens is 386 g/mol. The average Bonchev–Trinajstić information content (AvgIpc) is 3.07. The van der Waals surface area contributed by atoms with Crippen LogP contribution >= 0.6 is 0 Å². The second-order valence-electron chi connectivity index (χ2n) is 9.22. The van der Waals surface area contributed by atoms with E-state index < -0.39 is 0 Å². The van der Waals surface area contributed by atoms with Crippen molar-refractivity contribution in [2.75, 3.05) is 32.7 Å². The third kappa shape index (κ3) is 7.23. The van der Waals surface area contributed by atoms with Gasteiger partial charge < -0.3 is 15.5 Å². The summed E-state index contributed by atoms with van der Waals surface area (Å²) >= 11 is 0. The number of carbonyl (C=O) groups excluding carboxylic acids is 1. The molecular formula is C25H41N5O. The van der Waals surface area contributed by atoms with Crippen LogP contribution in [0, 0.1) is 5.92 Å². The summed E-state index contributed by atoms with van der Waals surface area (Å²) in [6.07, 6.45) is 6.32. The van der Waals surface area contributed by atoms with Crippen LogP contribution in [-0.2, 0) is 17.9 Å². The molecule has 6 heteroatoms. The first kappa shape index (κ1) is 23.6. The molecule has 0 radical (unpaired) electrons. The van der Waals surface area contributed by atoms with Gasteiger partial charge in [0, 0.05) is 38.1 Å². The molecule has 0 bridgehead atoms. The SMILES string of the molecule is CCNC(=NCc1ccccc1CN1CCCCCC1)NC1CCN(C(=O)C(C)C)C1. The van der Waals surface area contributed by atoms with Crippen LogP contribution in [0.15, 0.2) is 29.3 Å². The molecule has 2 N–H and O–H groups in total. The smallest absolute Gasteiger partial charge is 0.225 e. The van der Waals surface area contributed by atoms with E-state index in [-0.39, 0.29) is 17.9 Å². The minimum atomic E-state index is 0.0568. The number of carbonyl (C=O) groups is 1. The molecule has 1 aromatic rings. The van der Waals surface area contributed by atoms with E-state index in [0.29, 0.717) is 6.54 Å². The Hall–Kier alpha value is -2.08. The fourth-order valence-corrected chi connectivity index (χ4v) is 4.52. The van der Waals surface area contributed by atoms with Gasteiger partial charge in [-0.2, -0.15) is 0 Å². The number of nitrogens with zero attached hydrogens (tertiary/aromatic N) is 3. The van der Waals surface area contributed by atoms with Gasteiger partial charge in [-0.1, -0.05) is 51.0 Å². The summed E-state index contributed by atoms with van der Waals surface area (Å²) in [5, 5.41) is 6.94. The standard InChI is InChI=1S/C25H41N5O/c1-4-26-25(28-23-13-16-30(19-23)24(31)20(2)3)27-17-21-11-7-8-12-22(21)18-29-14-9-5-6-10-15-29/h7-8,11-12,20,23H,4-6,9-10,13-19H2,1-3H3,(H2,26,27,28). The Morgan fingerprint density at radius 3 is 2.48 bits per heavy atom. The maximum Gasteiger partial charge on any atom is 0.225 e. The second-order valence-corrected chi connectivity index (χ2v) is 9.22. The van der Waals surface area contributed by atoms with Crippen molar-refractivity contribution < 1.29 is 4.79 Å². The Morgan fingerprint density at radius 2 is 1.81 bits per heavy atom. The summed E-state index contributed by atoms with van der Waals surface area (Å²) in [6, 6.07) is 8.97. The van der Waals surface area contributed by atoms with Crippen molar-refractivity contribution in [1.82, 2.24) is 20.4 Å². The summed E-state index contributed by atoms with van der Waals surface area (Å²) in [5.41, 5.74) is 2.69. The highest BCUT2D eigenvalue weighted by molar-refractivity contribution is 5.81. The van der Waals surface area contributed by atoms with Crippen LogP contribution in [0.1, 0.15) is 64.0 Å². The molecule has 1 amide bonds. The van der Waals surface area contributed by atoms with E-state index in [4.69, 9.17) is 4.99 Å². The van der Waals surface area contributed by atoms with E-state index in [1.165, 1.54) is 49.9 Å². The van der Waals surface area contributed by atoms with Crippen LogP contribution in [0.2, 0.25) is 0 Å².